The molecule has 1 aliphatic heterocycles. The van der Waals surface area contributed by atoms with Crippen LogP contribution in [0, 0.1) is 0 Å². The zero-order chi connectivity index (χ0) is 19.6. The van der Waals surface area contributed by atoms with Gasteiger partial charge in [0.2, 0.25) is 0 Å². The van der Waals surface area contributed by atoms with E-state index in [1.807, 2.05) is 54.6 Å². The van der Waals surface area contributed by atoms with Crippen molar-refractivity contribution in [3.63, 3.8) is 0 Å². The van der Waals surface area contributed by atoms with Gasteiger partial charge >= 0.3 is 12.1 Å². The van der Waals surface area contributed by atoms with Gasteiger partial charge in [0.05, 0.1) is 6.54 Å². The highest BCUT2D eigenvalue weighted by molar-refractivity contribution is 5.82. The fourth-order valence-corrected chi connectivity index (χ4v) is 3.60. The van der Waals surface area contributed by atoms with Crippen LogP contribution in [0.2, 0.25) is 0 Å². The molecule has 0 aromatic heterocycles. The van der Waals surface area contributed by atoms with E-state index < -0.39 is 23.7 Å². The van der Waals surface area contributed by atoms with E-state index in [2.05, 4.69) is 0 Å². The number of carbonyl (C=O) groups is 2. The summed E-state index contributed by atoms with van der Waals surface area (Å²) in [5.41, 5.74) is 2.29. The lowest BCUT2D eigenvalue weighted by Crippen LogP contribution is -2.52. The molecule has 2 aromatic carbocycles. The largest absolute Gasteiger partial charge is 0.480 e. The van der Waals surface area contributed by atoms with E-state index in [1.54, 1.807) is 20.8 Å². The van der Waals surface area contributed by atoms with Crippen molar-refractivity contribution >= 4 is 12.1 Å². The van der Waals surface area contributed by atoms with Crippen LogP contribution in [-0.4, -0.2) is 33.7 Å². The Balaban J connectivity index is 2.02. The summed E-state index contributed by atoms with van der Waals surface area (Å²) in [4.78, 5) is 26.3. The molecule has 3 rings (SSSR count). The first-order chi connectivity index (χ1) is 12.8. The molecule has 0 aliphatic carbocycles. The molecule has 0 radical (unpaired) electrons. The molecule has 0 saturated heterocycles. The van der Waals surface area contributed by atoms with Crippen LogP contribution in [0.3, 0.4) is 0 Å². The average Bonchev–Trinajstić information content (AvgIpc) is 2.60. The first kappa shape index (κ1) is 19.0. The van der Waals surface area contributed by atoms with Crippen LogP contribution >= 0.6 is 0 Å². The van der Waals surface area contributed by atoms with Gasteiger partial charge in [-0.25, -0.2) is 9.59 Å². The number of carboxylic acid groups (broad SMARTS) is 1. The molecule has 0 unspecified atom stereocenters. The van der Waals surface area contributed by atoms with Crippen LogP contribution in [0.4, 0.5) is 4.79 Å². The summed E-state index contributed by atoms with van der Waals surface area (Å²) < 4.78 is 5.49. The molecule has 1 aliphatic rings. The molecule has 2 aromatic rings. The van der Waals surface area contributed by atoms with Crippen molar-refractivity contribution in [2.75, 3.05) is 0 Å². The molecule has 0 bridgehead atoms. The van der Waals surface area contributed by atoms with Gasteiger partial charge in [-0.15, -0.1) is 0 Å². The molecule has 5 heteroatoms. The Labute approximate surface area is 159 Å². The summed E-state index contributed by atoms with van der Waals surface area (Å²) in [5, 5.41) is 9.98. The Kier molecular flexibility index (Phi) is 5.22. The molecule has 1 amide bonds. The number of ether oxygens (including phenoxy) is 1. The van der Waals surface area contributed by atoms with Crippen molar-refractivity contribution in [2.24, 2.45) is 0 Å². The quantitative estimate of drug-likeness (QED) is 0.882. The third-order valence-electron chi connectivity index (χ3n) is 4.69. The highest BCUT2D eigenvalue weighted by Gasteiger charge is 2.43. The number of carboxylic acids is 1. The summed E-state index contributed by atoms with van der Waals surface area (Å²) >= 11 is 0. The molecule has 0 spiro atoms. The molecule has 27 heavy (non-hydrogen) atoms. The Morgan fingerprint density at radius 1 is 1.07 bits per heavy atom. The number of hydrogen-bond acceptors (Lipinski definition) is 3. The van der Waals surface area contributed by atoms with Gasteiger partial charge in [0.15, 0.2) is 0 Å². The van der Waals surface area contributed by atoms with Gasteiger partial charge in [-0.3, -0.25) is 4.90 Å². The molecule has 1 N–H and O–H groups in total. The Bertz CT molecular complexity index is 826. The van der Waals surface area contributed by atoms with E-state index in [-0.39, 0.29) is 12.5 Å². The number of benzene rings is 2. The number of amides is 1. The standard InChI is InChI=1S/C22H25NO4/c1-22(2,3)27-21(26)23-14-16-11-7-8-12-17(16)18(19(23)20(24)25)13-15-9-5-4-6-10-15/h4-12,18-19H,13-14H2,1-3H3,(H,24,25)/t18-,19-/m0/s1. The van der Waals surface area contributed by atoms with E-state index in [9.17, 15) is 14.7 Å². The second-order valence-corrected chi connectivity index (χ2v) is 7.89. The Morgan fingerprint density at radius 3 is 2.33 bits per heavy atom. The minimum absolute atomic E-state index is 0.230. The monoisotopic (exact) mass is 367 g/mol. The number of fused-ring (bicyclic) bond motifs is 1. The highest BCUT2D eigenvalue weighted by Crippen LogP contribution is 2.36. The van der Waals surface area contributed by atoms with Crippen LogP contribution in [0.5, 0.6) is 0 Å². The smallest absolute Gasteiger partial charge is 0.411 e. The maximum Gasteiger partial charge on any atom is 0.411 e. The number of aliphatic carboxylic acids is 1. The summed E-state index contributed by atoms with van der Waals surface area (Å²) in [6.07, 6.45) is -0.0591. The lowest BCUT2D eigenvalue weighted by molar-refractivity contribution is -0.144. The minimum Gasteiger partial charge on any atom is -0.480 e. The van der Waals surface area contributed by atoms with Crippen molar-refractivity contribution in [1.82, 2.24) is 4.90 Å². The van der Waals surface area contributed by atoms with Crippen LogP contribution in [0.1, 0.15) is 43.4 Å². The maximum absolute atomic E-state index is 12.8. The van der Waals surface area contributed by atoms with Gasteiger partial charge < -0.3 is 9.84 Å². The average molecular weight is 367 g/mol. The molecule has 0 saturated carbocycles. The molecule has 142 valence electrons. The predicted octanol–water partition coefficient (Wildman–Crippen LogP) is 4.22. The molecule has 0 fully saturated rings. The SMILES string of the molecule is CC(C)(C)OC(=O)N1Cc2ccccc2[C@H](Cc2ccccc2)[C@H]1C(=O)O. The van der Waals surface area contributed by atoms with E-state index in [0.717, 1.165) is 16.7 Å². The molecule has 2 atom stereocenters. The van der Waals surface area contributed by atoms with Crippen molar-refractivity contribution in [3.8, 4) is 0 Å². The minimum atomic E-state index is -1.02. The maximum atomic E-state index is 12.8. The Morgan fingerprint density at radius 2 is 1.70 bits per heavy atom. The summed E-state index contributed by atoms with van der Waals surface area (Å²) in [6.45, 7) is 5.56. The fraction of sp³-hybridized carbons (Fsp3) is 0.364. The Hall–Kier alpha value is -2.82. The lowest BCUT2D eigenvalue weighted by atomic mass is 9.79. The van der Waals surface area contributed by atoms with E-state index in [1.165, 1.54) is 4.90 Å². The summed E-state index contributed by atoms with van der Waals surface area (Å²) in [6, 6.07) is 16.5. The van der Waals surface area contributed by atoms with Crippen molar-refractivity contribution in [1.29, 1.82) is 0 Å². The molecular weight excluding hydrogens is 342 g/mol. The van der Waals surface area contributed by atoms with Crippen LogP contribution in [-0.2, 0) is 22.5 Å². The molecular formula is C22H25NO4. The van der Waals surface area contributed by atoms with E-state index in [4.69, 9.17) is 4.74 Å². The topological polar surface area (TPSA) is 66.8 Å². The van der Waals surface area contributed by atoms with Gasteiger partial charge in [0.25, 0.3) is 0 Å². The van der Waals surface area contributed by atoms with E-state index in [0.29, 0.717) is 6.42 Å². The zero-order valence-electron chi connectivity index (χ0n) is 15.9. The van der Waals surface area contributed by atoms with Crippen molar-refractivity contribution < 1.29 is 19.4 Å². The molecule has 1 heterocycles. The van der Waals surface area contributed by atoms with E-state index >= 15 is 0 Å². The zero-order valence-corrected chi connectivity index (χ0v) is 15.9. The third kappa shape index (κ3) is 4.30. The van der Waals surface area contributed by atoms with Gasteiger partial charge in [-0.1, -0.05) is 54.6 Å². The number of carbonyl (C=O) groups excluding carboxylic acids is 1. The summed E-state index contributed by atoms with van der Waals surface area (Å²) in [5.74, 6) is -1.36. The predicted molar refractivity (Wildman–Crippen MR) is 103 cm³/mol. The van der Waals surface area contributed by atoms with Gasteiger partial charge in [0.1, 0.15) is 11.6 Å². The van der Waals surface area contributed by atoms with Crippen LogP contribution in [0.15, 0.2) is 54.6 Å². The van der Waals surface area contributed by atoms with Crippen LogP contribution in [0.25, 0.3) is 0 Å². The second kappa shape index (κ2) is 7.43. The van der Waals surface area contributed by atoms with Gasteiger partial charge in [0, 0.05) is 5.92 Å². The number of hydrogen-bond donors (Lipinski definition) is 1. The van der Waals surface area contributed by atoms with Crippen molar-refractivity contribution in [2.45, 2.75) is 51.3 Å². The van der Waals surface area contributed by atoms with Gasteiger partial charge in [-0.05, 0) is 43.9 Å². The highest BCUT2D eigenvalue weighted by atomic mass is 16.6. The normalized spacial score (nSPS) is 19.3. The van der Waals surface area contributed by atoms with Crippen LogP contribution < -0.4 is 0 Å². The summed E-state index contributed by atoms with van der Waals surface area (Å²) in [7, 11) is 0. The third-order valence-corrected chi connectivity index (χ3v) is 4.69. The molecule has 5 nitrogen and oxygen atoms in total. The van der Waals surface area contributed by atoms with Gasteiger partial charge in [-0.2, -0.15) is 0 Å². The number of nitrogens with zero attached hydrogens (tertiary/aromatic N) is 1. The fourth-order valence-electron chi connectivity index (χ4n) is 3.60. The first-order valence-corrected chi connectivity index (χ1v) is 9.10. The number of rotatable bonds is 3. The lowest BCUT2D eigenvalue weighted by Gasteiger charge is -2.40. The van der Waals surface area contributed by atoms with Crippen molar-refractivity contribution in [3.05, 3.63) is 71.3 Å². The first-order valence-electron chi connectivity index (χ1n) is 9.10. The second-order valence-electron chi connectivity index (χ2n) is 7.89.